The van der Waals surface area contributed by atoms with Crippen LogP contribution in [0.3, 0.4) is 0 Å². The number of methoxy groups -OCH3 is 1. The molecule has 2 aromatic rings. The highest BCUT2D eigenvalue weighted by Gasteiger charge is 2.25. The molecule has 0 saturated carbocycles. The van der Waals surface area contributed by atoms with Gasteiger partial charge in [0.25, 0.3) is 11.8 Å². The summed E-state index contributed by atoms with van der Waals surface area (Å²) in [6.45, 7) is 1.09. The van der Waals surface area contributed by atoms with Gasteiger partial charge < -0.3 is 25.3 Å². The Bertz CT molecular complexity index is 999. The Morgan fingerprint density at radius 3 is 2.88 bits per heavy atom. The zero-order valence-corrected chi connectivity index (χ0v) is 19.1. The quantitative estimate of drug-likeness (QED) is 0.528. The average molecular weight is 480 g/mol. The van der Waals surface area contributed by atoms with E-state index in [0.29, 0.717) is 44.6 Å². The first-order valence-electron chi connectivity index (χ1n) is 10.8. The van der Waals surface area contributed by atoms with E-state index in [0.717, 1.165) is 6.42 Å². The van der Waals surface area contributed by atoms with Gasteiger partial charge in [0.05, 0.1) is 23.6 Å². The number of hydrogen-bond acceptors (Lipinski definition) is 5. The van der Waals surface area contributed by atoms with Gasteiger partial charge in [0.1, 0.15) is 11.5 Å². The SMILES string of the molecule is COCCNC(=O)c1nc[nH]c1C(=O)N[C@@H]1CCCCN(c2ccc(F)cc2Cl)C(=O)CC1. The third-order valence-electron chi connectivity index (χ3n) is 5.40. The molecule has 178 valence electrons. The summed E-state index contributed by atoms with van der Waals surface area (Å²) in [5.74, 6) is -1.55. The summed E-state index contributed by atoms with van der Waals surface area (Å²) in [4.78, 5) is 46.2. The Kier molecular flexibility index (Phi) is 8.79. The zero-order valence-electron chi connectivity index (χ0n) is 18.3. The molecule has 0 bridgehead atoms. The lowest BCUT2D eigenvalue weighted by molar-refractivity contribution is -0.118. The average Bonchev–Trinajstić information content (AvgIpc) is 3.29. The molecule has 1 aromatic heterocycles. The number of imidazole rings is 1. The van der Waals surface area contributed by atoms with Crippen molar-refractivity contribution >= 4 is 35.0 Å². The molecule has 1 aromatic carbocycles. The van der Waals surface area contributed by atoms with Crippen molar-refractivity contribution in [3.63, 3.8) is 0 Å². The van der Waals surface area contributed by atoms with Crippen molar-refractivity contribution in [1.29, 1.82) is 0 Å². The predicted molar refractivity (Wildman–Crippen MR) is 121 cm³/mol. The minimum atomic E-state index is -0.477. The van der Waals surface area contributed by atoms with E-state index in [9.17, 15) is 18.8 Å². The van der Waals surface area contributed by atoms with E-state index >= 15 is 0 Å². The third kappa shape index (κ3) is 6.52. The molecule has 1 atom stereocenters. The Labute approximate surface area is 196 Å². The summed E-state index contributed by atoms with van der Waals surface area (Å²) in [6.07, 6.45) is 4.03. The van der Waals surface area contributed by atoms with Crippen molar-refractivity contribution in [3.05, 3.63) is 46.8 Å². The summed E-state index contributed by atoms with van der Waals surface area (Å²) < 4.78 is 18.3. The van der Waals surface area contributed by atoms with Gasteiger partial charge in [0, 0.05) is 32.7 Å². The van der Waals surface area contributed by atoms with Gasteiger partial charge in [-0.05, 0) is 43.9 Å². The van der Waals surface area contributed by atoms with Crippen LogP contribution < -0.4 is 15.5 Å². The van der Waals surface area contributed by atoms with Crippen molar-refractivity contribution < 1.29 is 23.5 Å². The summed E-state index contributed by atoms with van der Waals surface area (Å²) in [5, 5.41) is 5.73. The summed E-state index contributed by atoms with van der Waals surface area (Å²) in [5.41, 5.74) is 0.544. The molecule has 11 heteroatoms. The number of nitrogens with zero attached hydrogens (tertiary/aromatic N) is 2. The molecule has 1 fully saturated rings. The number of amides is 3. The number of carbonyl (C=O) groups excluding carboxylic acids is 3. The van der Waals surface area contributed by atoms with E-state index in [1.54, 1.807) is 4.90 Å². The molecule has 2 heterocycles. The fourth-order valence-corrected chi connectivity index (χ4v) is 3.98. The third-order valence-corrected chi connectivity index (χ3v) is 5.70. The molecule has 33 heavy (non-hydrogen) atoms. The van der Waals surface area contributed by atoms with Gasteiger partial charge in [0.2, 0.25) is 5.91 Å². The Morgan fingerprint density at radius 1 is 1.30 bits per heavy atom. The van der Waals surface area contributed by atoms with Crippen molar-refractivity contribution in [1.82, 2.24) is 20.6 Å². The number of nitrogens with one attached hydrogen (secondary N) is 3. The highest BCUT2D eigenvalue weighted by Crippen LogP contribution is 2.28. The van der Waals surface area contributed by atoms with Crippen LogP contribution >= 0.6 is 11.6 Å². The van der Waals surface area contributed by atoms with Gasteiger partial charge in [-0.1, -0.05) is 11.6 Å². The Morgan fingerprint density at radius 2 is 2.12 bits per heavy atom. The maximum absolute atomic E-state index is 13.4. The van der Waals surface area contributed by atoms with Crippen LogP contribution in [0, 0.1) is 5.82 Å². The van der Waals surface area contributed by atoms with Gasteiger partial charge in [0.15, 0.2) is 5.69 Å². The zero-order chi connectivity index (χ0) is 23.8. The number of aromatic nitrogens is 2. The predicted octanol–water partition coefficient (Wildman–Crippen LogP) is 2.67. The number of halogens is 2. The highest BCUT2D eigenvalue weighted by atomic mass is 35.5. The van der Waals surface area contributed by atoms with Gasteiger partial charge >= 0.3 is 0 Å². The molecule has 0 spiro atoms. The summed E-state index contributed by atoms with van der Waals surface area (Å²) in [6, 6.07) is 3.72. The fourth-order valence-electron chi connectivity index (χ4n) is 3.71. The number of aromatic amines is 1. The number of ether oxygens (including phenoxy) is 1. The largest absolute Gasteiger partial charge is 0.383 e. The molecular weight excluding hydrogens is 453 g/mol. The first-order valence-corrected chi connectivity index (χ1v) is 11.1. The molecule has 0 aliphatic carbocycles. The molecule has 3 N–H and O–H groups in total. The van der Waals surface area contributed by atoms with Crippen LogP contribution in [0.1, 0.15) is 53.1 Å². The van der Waals surface area contributed by atoms with Gasteiger partial charge in [-0.15, -0.1) is 0 Å². The summed E-state index contributed by atoms with van der Waals surface area (Å²) in [7, 11) is 1.52. The van der Waals surface area contributed by atoms with E-state index in [1.807, 2.05) is 0 Å². The van der Waals surface area contributed by atoms with Crippen molar-refractivity contribution in [2.45, 2.75) is 38.1 Å². The second-order valence-corrected chi connectivity index (χ2v) is 8.13. The number of anilines is 1. The van der Waals surface area contributed by atoms with Crippen LogP contribution in [-0.2, 0) is 9.53 Å². The monoisotopic (exact) mass is 479 g/mol. The second-order valence-electron chi connectivity index (χ2n) is 7.72. The molecule has 0 unspecified atom stereocenters. The number of benzene rings is 1. The van der Waals surface area contributed by atoms with E-state index in [-0.39, 0.29) is 34.8 Å². The lowest BCUT2D eigenvalue weighted by Crippen LogP contribution is -2.37. The number of rotatable bonds is 7. The van der Waals surface area contributed by atoms with Gasteiger partial charge in [-0.3, -0.25) is 14.4 Å². The second kappa shape index (κ2) is 11.8. The standard InChI is InChI=1S/C22H27ClFN5O4/c1-33-11-9-25-21(31)19-20(27-13-26-19)22(32)28-15-4-2-3-10-29(18(30)8-6-15)17-7-5-14(24)12-16(17)23/h5,7,12-13,15H,2-4,6,8-11H2,1H3,(H,25,31)(H,26,27)(H,28,32)/t15-/m1/s1. The normalized spacial score (nSPS) is 17.1. The number of carbonyl (C=O) groups is 3. The highest BCUT2D eigenvalue weighted by molar-refractivity contribution is 6.33. The smallest absolute Gasteiger partial charge is 0.272 e. The molecule has 9 nitrogen and oxygen atoms in total. The van der Waals surface area contributed by atoms with Crippen molar-refractivity contribution in [2.75, 3.05) is 31.7 Å². The van der Waals surface area contributed by atoms with Crippen LogP contribution in [0.4, 0.5) is 10.1 Å². The topological polar surface area (TPSA) is 116 Å². The minimum absolute atomic E-state index is 0.000118. The van der Waals surface area contributed by atoms with Crippen LogP contribution in [-0.4, -0.2) is 60.5 Å². The lowest BCUT2D eigenvalue weighted by atomic mass is 10.0. The maximum atomic E-state index is 13.4. The van der Waals surface area contributed by atoms with E-state index in [1.165, 1.54) is 31.6 Å². The first-order chi connectivity index (χ1) is 15.9. The molecule has 1 aliphatic heterocycles. The molecule has 3 rings (SSSR count). The van der Waals surface area contributed by atoms with Crippen LogP contribution in [0.2, 0.25) is 5.02 Å². The number of H-pyrrole nitrogens is 1. The van der Waals surface area contributed by atoms with Crippen molar-refractivity contribution in [2.24, 2.45) is 0 Å². The van der Waals surface area contributed by atoms with E-state index in [4.69, 9.17) is 16.3 Å². The molecule has 3 amide bonds. The summed E-state index contributed by atoms with van der Waals surface area (Å²) >= 11 is 6.16. The van der Waals surface area contributed by atoms with Crippen LogP contribution in [0.15, 0.2) is 24.5 Å². The molecule has 0 radical (unpaired) electrons. The Balaban J connectivity index is 1.63. The molecule has 1 aliphatic rings. The first kappa shape index (κ1) is 24.7. The Hall–Kier alpha value is -2.98. The fraction of sp³-hybridized carbons (Fsp3) is 0.455. The van der Waals surface area contributed by atoms with Crippen LogP contribution in [0.5, 0.6) is 0 Å². The minimum Gasteiger partial charge on any atom is -0.383 e. The van der Waals surface area contributed by atoms with E-state index in [2.05, 4.69) is 20.6 Å². The lowest BCUT2D eigenvalue weighted by Gasteiger charge is -2.23. The van der Waals surface area contributed by atoms with Gasteiger partial charge in [-0.25, -0.2) is 9.37 Å². The van der Waals surface area contributed by atoms with E-state index < -0.39 is 17.6 Å². The molecule has 1 saturated heterocycles. The van der Waals surface area contributed by atoms with Gasteiger partial charge in [-0.2, -0.15) is 0 Å². The molecular formula is C22H27ClFN5O4. The number of hydrogen-bond donors (Lipinski definition) is 3. The maximum Gasteiger partial charge on any atom is 0.272 e. The van der Waals surface area contributed by atoms with Crippen LogP contribution in [0.25, 0.3) is 0 Å². The van der Waals surface area contributed by atoms with Crippen molar-refractivity contribution in [3.8, 4) is 0 Å².